The molecule has 0 atom stereocenters. The first kappa shape index (κ1) is 10.2. The normalized spacial score (nSPS) is 14.2. The number of hydroxylamine groups is 1. The first-order valence-electron chi connectivity index (χ1n) is 2.78. The quantitative estimate of drug-likeness (QED) is 0.280. The minimum atomic E-state index is -1.56. The van der Waals surface area contributed by atoms with Crippen LogP contribution in [0.25, 0.3) is 0 Å². The lowest BCUT2D eigenvalue weighted by molar-refractivity contribution is -0.621. The SMILES string of the molecule is CC(C)(CN(F)F)[N+]([O-])=NF. The van der Waals surface area contributed by atoms with E-state index in [1.807, 2.05) is 0 Å². The molecule has 0 aliphatic heterocycles. The van der Waals surface area contributed by atoms with Crippen LogP contribution in [0.15, 0.2) is 5.34 Å². The largest absolute Gasteiger partial charge is 0.597 e. The van der Waals surface area contributed by atoms with Crippen molar-refractivity contribution in [3.05, 3.63) is 5.21 Å². The summed E-state index contributed by atoms with van der Waals surface area (Å²) in [4.78, 5) is -0.404. The van der Waals surface area contributed by atoms with Crippen LogP contribution in [0.1, 0.15) is 13.8 Å². The molecule has 0 aromatic rings. The lowest BCUT2D eigenvalue weighted by Crippen LogP contribution is -2.39. The summed E-state index contributed by atoms with van der Waals surface area (Å²) in [7, 11) is 0. The fraction of sp³-hybridized carbons (Fsp3) is 1.00. The molecule has 11 heavy (non-hydrogen) atoms. The Morgan fingerprint density at radius 3 is 2.27 bits per heavy atom. The number of rotatable bonds is 3. The Morgan fingerprint density at radius 2 is 2.00 bits per heavy atom. The van der Waals surface area contributed by atoms with Crippen LogP contribution in [-0.4, -0.2) is 22.3 Å². The zero-order chi connectivity index (χ0) is 9.07. The molecule has 0 rings (SSSR count). The van der Waals surface area contributed by atoms with E-state index in [2.05, 4.69) is 0 Å². The Hall–Kier alpha value is -0.850. The maximum absolute atomic E-state index is 11.5. The second kappa shape index (κ2) is 3.51. The molecule has 66 valence electrons. The molecular weight excluding hydrogens is 163 g/mol. The van der Waals surface area contributed by atoms with Gasteiger partial charge in [-0.2, -0.15) is 0 Å². The van der Waals surface area contributed by atoms with E-state index in [9.17, 15) is 18.7 Å². The Bertz CT molecular complexity index is 159. The van der Waals surface area contributed by atoms with E-state index in [1.54, 1.807) is 5.34 Å². The summed E-state index contributed by atoms with van der Waals surface area (Å²) >= 11 is 0. The van der Waals surface area contributed by atoms with E-state index < -0.39 is 22.3 Å². The van der Waals surface area contributed by atoms with Crippen molar-refractivity contribution in [3.63, 3.8) is 0 Å². The van der Waals surface area contributed by atoms with Gasteiger partial charge < -0.3 is 5.21 Å². The second-order valence-electron chi connectivity index (χ2n) is 2.62. The highest BCUT2D eigenvalue weighted by molar-refractivity contribution is 4.65. The predicted octanol–water partition coefficient (Wildman–Crippen LogP) is 1.68. The maximum Gasteiger partial charge on any atom is 0.214 e. The van der Waals surface area contributed by atoms with Gasteiger partial charge in [-0.3, -0.25) is 0 Å². The van der Waals surface area contributed by atoms with Gasteiger partial charge in [-0.1, -0.05) is 4.86 Å². The Morgan fingerprint density at radius 1 is 1.55 bits per heavy atom. The van der Waals surface area contributed by atoms with Crippen LogP contribution in [-0.2, 0) is 0 Å². The molecule has 7 heteroatoms. The summed E-state index contributed by atoms with van der Waals surface area (Å²) in [6.07, 6.45) is 0. The van der Waals surface area contributed by atoms with Crippen LogP contribution >= 0.6 is 0 Å². The Labute approximate surface area is 61.3 Å². The average molecular weight is 171 g/mol. The lowest BCUT2D eigenvalue weighted by Gasteiger charge is -2.18. The van der Waals surface area contributed by atoms with Crippen LogP contribution in [0.5, 0.6) is 0 Å². The van der Waals surface area contributed by atoms with Crippen molar-refractivity contribution < 1.29 is 18.3 Å². The average Bonchev–Trinajstić information content (AvgIpc) is 1.83. The third-order valence-electron chi connectivity index (χ3n) is 1.09. The molecular formula is C4H8F3N3O. The molecule has 0 N–H and O–H groups in total. The van der Waals surface area contributed by atoms with Crippen LogP contribution < -0.4 is 0 Å². The Kier molecular flexibility index (Phi) is 3.24. The van der Waals surface area contributed by atoms with Gasteiger partial charge in [-0.05, 0) is 4.48 Å². The summed E-state index contributed by atoms with van der Waals surface area (Å²) in [5, 5.41) is 10.9. The molecule has 0 saturated heterocycles. The first-order chi connectivity index (χ1) is 4.90. The van der Waals surface area contributed by atoms with Crippen molar-refractivity contribution in [2.24, 2.45) is 5.34 Å². The molecule has 0 aromatic carbocycles. The van der Waals surface area contributed by atoms with Gasteiger partial charge in [0, 0.05) is 19.2 Å². The minimum Gasteiger partial charge on any atom is -0.597 e. The molecule has 0 fully saturated rings. The van der Waals surface area contributed by atoms with E-state index in [0.717, 1.165) is 13.8 Å². The molecule has 4 nitrogen and oxygen atoms in total. The molecule has 0 heterocycles. The van der Waals surface area contributed by atoms with Crippen LogP contribution in [0.3, 0.4) is 0 Å². The summed E-state index contributed by atoms with van der Waals surface area (Å²) in [6, 6.07) is 0. The summed E-state index contributed by atoms with van der Waals surface area (Å²) < 4.78 is 34.4. The van der Waals surface area contributed by atoms with Gasteiger partial charge in [0.2, 0.25) is 5.54 Å². The van der Waals surface area contributed by atoms with Crippen molar-refractivity contribution in [2.45, 2.75) is 19.4 Å². The van der Waals surface area contributed by atoms with Gasteiger partial charge >= 0.3 is 0 Å². The van der Waals surface area contributed by atoms with E-state index in [0.29, 0.717) is 0 Å². The van der Waals surface area contributed by atoms with Crippen molar-refractivity contribution in [3.8, 4) is 0 Å². The van der Waals surface area contributed by atoms with Gasteiger partial charge in [0.05, 0.1) is 0 Å². The second-order valence-corrected chi connectivity index (χ2v) is 2.62. The number of hydrogen-bond acceptors (Lipinski definition) is 3. The number of hydrogen-bond donors (Lipinski definition) is 0. The highest BCUT2D eigenvalue weighted by Gasteiger charge is 2.32. The minimum absolute atomic E-state index is 0.404. The summed E-state index contributed by atoms with van der Waals surface area (Å²) in [5.41, 5.74) is -1.56. The molecule has 0 aliphatic rings. The van der Waals surface area contributed by atoms with Gasteiger partial charge in [0.15, 0.2) is 5.34 Å². The van der Waals surface area contributed by atoms with Gasteiger partial charge in [0.1, 0.15) is 6.54 Å². The smallest absolute Gasteiger partial charge is 0.214 e. The molecule has 0 radical (unpaired) electrons. The van der Waals surface area contributed by atoms with Crippen LogP contribution in [0.4, 0.5) is 13.4 Å². The fourth-order valence-corrected chi connectivity index (χ4v) is 0.455. The zero-order valence-corrected chi connectivity index (χ0v) is 6.09. The number of halogens is 3. The van der Waals surface area contributed by atoms with Gasteiger partial charge in [-0.15, -0.1) is 8.96 Å². The van der Waals surface area contributed by atoms with Crippen molar-refractivity contribution >= 4 is 0 Å². The molecule has 0 amide bonds. The van der Waals surface area contributed by atoms with E-state index in [1.165, 1.54) is 0 Å². The maximum atomic E-state index is 11.5. The van der Waals surface area contributed by atoms with E-state index in [4.69, 9.17) is 0 Å². The Balaban J connectivity index is 4.22. The van der Waals surface area contributed by atoms with E-state index >= 15 is 0 Å². The third kappa shape index (κ3) is 3.17. The molecule has 0 bridgehead atoms. The van der Waals surface area contributed by atoms with Gasteiger partial charge in [-0.25, -0.2) is 0 Å². The van der Waals surface area contributed by atoms with E-state index in [-0.39, 0.29) is 0 Å². The summed E-state index contributed by atoms with van der Waals surface area (Å²) in [6.45, 7) is 1.43. The zero-order valence-electron chi connectivity index (χ0n) is 6.09. The van der Waals surface area contributed by atoms with Gasteiger partial charge in [0.25, 0.3) is 0 Å². The monoisotopic (exact) mass is 171 g/mol. The standard InChI is InChI=1S/C4H8F3N3O/c1-4(2,3-9(6)7)10(11)8-5/h3H2,1-2H3. The highest BCUT2D eigenvalue weighted by Crippen LogP contribution is 2.11. The molecule has 0 aromatic heterocycles. The van der Waals surface area contributed by atoms with Crippen molar-refractivity contribution in [1.82, 2.24) is 5.34 Å². The van der Waals surface area contributed by atoms with Crippen molar-refractivity contribution in [1.29, 1.82) is 0 Å². The van der Waals surface area contributed by atoms with Crippen LogP contribution in [0.2, 0.25) is 0 Å². The van der Waals surface area contributed by atoms with Crippen LogP contribution in [0, 0.1) is 5.21 Å². The fourth-order valence-electron chi connectivity index (χ4n) is 0.455. The highest BCUT2D eigenvalue weighted by atomic mass is 19.4. The topological polar surface area (TPSA) is 41.7 Å². The third-order valence-corrected chi connectivity index (χ3v) is 1.09. The molecule has 0 aliphatic carbocycles. The van der Waals surface area contributed by atoms with Crippen molar-refractivity contribution in [2.75, 3.05) is 6.54 Å². The summed E-state index contributed by atoms with van der Waals surface area (Å²) in [5.74, 6) is 0. The molecule has 0 saturated carbocycles. The number of nitrogens with zero attached hydrogens (tertiary/aromatic N) is 3. The molecule has 0 spiro atoms. The first-order valence-corrected chi connectivity index (χ1v) is 2.78. The lowest BCUT2D eigenvalue weighted by atomic mass is 10.1. The predicted molar refractivity (Wildman–Crippen MR) is 30.2 cm³/mol. The molecule has 0 unspecified atom stereocenters.